The third kappa shape index (κ3) is 30.5. The van der Waals surface area contributed by atoms with Crippen molar-refractivity contribution in [1.82, 2.24) is 48.6 Å². The number of nitrogen functional groups attached to an aromatic ring is 1. The number of carbonyl (C=O) groups is 3. The van der Waals surface area contributed by atoms with Gasteiger partial charge in [0.05, 0.1) is 19.5 Å². The standard InChI is InChI=1S/C47H86N7O17P3S.3H3N/c1-4-5-6-7-8-9-10-11-12-13-14-15-16-17-18-19-20-21-22-23-24-25-26-27-38(56)75-31-30-49-37(55)28-29-50-45(59)42(58)47(2,3)33-68-74(65,66)71-73(63,64)67-32-36-41(70-72(60,61)62)40(57)46(69-36)54-35-53-39-43(48)51-34-52-44(39)54;;;/h34-36,40-42,46,57-58H,4-33H2,1-3H3,(H,49,55)(H,50,59)(H,63,64)(H,65,66)(H2,48,51,52)(H2,60,61,62);3*1H3. The van der Waals surface area contributed by atoms with E-state index in [0.29, 0.717) is 12.2 Å². The normalized spacial score (nSPS) is 19.1. The van der Waals surface area contributed by atoms with E-state index in [4.69, 9.17) is 10.5 Å². The Morgan fingerprint density at radius 2 is 1.27 bits per heavy atom. The number of hydrogen-bond donors (Lipinski definition) is 9. The molecule has 2 amide bonds. The summed E-state index contributed by atoms with van der Waals surface area (Å²) in [6.07, 6.45) is 23.2. The number of phosphoric ester groups is 3. The highest BCUT2D eigenvalue weighted by atomic mass is 32.2. The van der Waals surface area contributed by atoms with Crippen molar-refractivity contribution in [3.63, 3.8) is 0 Å². The van der Waals surface area contributed by atoms with Gasteiger partial charge in [0.15, 0.2) is 22.8 Å². The SMILES string of the molecule is CCCCCCCCCCCCCCCCCCCCCCCCCC(=O)SCCNC(=O)CCNC(=O)C(O)C(C)(C)COP(=O)([O-])OP(=O)([O-])OCC1OC(n2cnc3c(N)ncnc32)C(O)C1OP(=O)([O-])O.[NH4+].[NH4+].[NH4+]. The topological polar surface area (TPSA) is 482 Å². The van der Waals surface area contributed by atoms with Crippen LogP contribution in [-0.2, 0) is 50.7 Å². The number of rotatable bonds is 43. The highest BCUT2D eigenvalue weighted by Gasteiger charge is 2.48. The van der Waals surface area contributed by atoms with E-state index >= 15 is 0 Å². The number of aliphatic hydroxyl groups is 2. The van der Waals surface area contributed by atoms with Gasteiger partial charge in [-0.2, -0.15) is 0 Å². The Kier molecular flexibility index (Phi) is 38.5. The van der Waals surface area contributed by atoms with Crippen LogP contribution in [0.3, 0.4) is 0 Å². The first-order chi connectivity index (χ1) is 35.6. The van der Waals surface area contributed by atoms with E-state index in [1.807, 2.05) is 0 Å². The molecule has 1 fully saturated rings. The Balaban J connectivity index is 0.0000198. The average Bonchev–Trinajstić information content (AvgIpc) is 3.91. The number of unbranched alkanes of at least 4 members (excludes halogenated alkanes) is 22. The van der Waals surface area contributed by atoms with Gasteiger partial charge in [0.25, 0.3) is 23.5 Å². The molecule has 31 heteroatoms. The Bertz CT molecular complexity index is 2150. The van der Waals surface area contributed by atoms with E-state index in [0.717, 1.165) is 48.2 Å². The zero-order valence-electron chi connectivity index (χ0n) is 46.9. The summed E-state index contributed by atoms with van der Waals surface area (Å²) in [5.41, 5.74) is 4.15. The summed E-state index contributed by atoms with van der Waals surface area (Å²) in [5.74, 6) is -1.10. The molecular formula is C47H95N10O17P3S. The summed E-state index contributed by atoms with van der Waals surface area (Å²) in [7, 11) is -17.3. The predicted molar refractivity (Wildman–Crippen MR) is 295 cm³/mol. The van der Waals surface area contributed by atoms with Crippen LogP contribution >= 0.6 is 35.2 Å². The highest BCUT2D eigenvalue weighted by molar-refractivity contribution is 8.13. The monoisotopic (exact) mass is 1200 g/mol. The number of anilines is 1. The van der Waals surface area contributed by atoms with Crippen molar-refractivity contribution in [2.24, 2.45) is 5.41 Å². The van der Waals surface area contributed by atoms with E-state index in [-0.39, 0.29) is 60.1 Å². The van der Waals surface area contributed by atoms with Gasteiger partial charge in [0.2, 0.25) is 11.8 Å². The lowest BCUT2D eigenvalue weighted by Gasteiger charge is -2.35. The number of hydrogen-bond acceptors (Lipinski definition) is 21. The molecule has 3 rings (SSSR count). The van der Waals surface area contributed by atoms with Gasteiger partial charge in [-0.15, -0.1) is 0 Å². The number of fused-ring (bicyclic) bond motifs is 1. The third-order valence-electron chi connectivity index (χ3n) is 12.7. The minimum Gasteiger partial charge on any atom is -0.756 e. The minimum atomic E-state index is -5.91. The molecule has 3 heterocycles. The van der Waals surface area contributed by atoms with Crippen LogP contribution in [0, 0.1) is 5.41 Å². The molecule has 2 aromatic heterocycles. The molecule has 8 atom stereocenters. The number of phosphoric acid groups is 3. The van der Waals surface area contributed by atoms with E-state index in [9.17, 15) is 57.9 Å². The molecule has 1 saturated heterocycles. The molecule has 456 valence electrons. The molecule has 2 aromatic rings. The average molecular weight is 1200 g/mol. The molecule has 8 unspecified atom stereocenters. The largest absolute Gasteiger partial charge is 0.756 e. The molecule has 0 aliphatic carbocycles. The van der Waals surface area contributed by atoms with Crippen LogP contribution in [0.4, 0.5) is 5.82 Å². The highest BCUT2D eigenvalue weighted by Crippen LogP contribution is 2.56. The first kappa shape index (κ1) is 75.4. The van der Waals surface area contributed by atoms with Crippen molar-refractivity contribution in [2.75, 3.05) is 37.8 Å². The number of nitrogens with zero attached hydrogens (tertiary/aromatic N) is 4. The summed E-state index contributed by atoms with van der Waals surface area (Å²) < 4.78 is 61.3. The van der Waals surface area contributed by atoms with Crippen LogP contribution in [0.25, 0.3) is 11.2 Å². The predicted octanol–water partition coefficient (Wildman–Crippen LogP) is 7.28. The van der Waals surface area contributed by atoms with Crippen LogP contribution in [0.15, 0.2) is 12.7 Å². The summed E-state index contributed by atoms with van der Waals surface area (Å²) in [6.45, 7) is 2.51. The minimum absolute atomic E-state index is 0. The first-order valence-electron chi connectivity index (χ1n) is 26.5. The molecule has 1 aliphatic heterocycles. The summed E-state index contributed by atoms with van der Waals surface area (Å²) in [4.78, 5) is 95.2. The molecule has 78 heavy (non-hydrogen) atoms. The van der Waals surface area contributed by atoms with Crippen molar-refractivity contribution in [2.45, 2.75) is 212 Å². The van der Waals surface area contributed by atoms with Crippen molar-refractivity contribution < 1.29 is 80.5 Å². The maximum absolute atomic E-state index is 12.7. The van der Waals surface area contributed by atoms with E-state index < -0.39 is 84.6 Å². The van der Waals surface area contributed by atoms with Gasteiger partial charge in [-0.1, -0.05) is 174 Å². The van der Waals surface area contributed by atoms with E-state index in [1.165, 1.54) is 142 Å². The fourth-order valence-corrected chi connectivity index (χ4v) is 11.9. The Morgan fingerprint density at radius 3 is 1.78 bits per heavy atom. The van der Waals surface area contributed by atoms with Gasteiger partial charge in [0, 0.05) is 37.1 Å². The lowest BCUT2D eigenvalue weighted by atomic mass is 9.87. The zero-order chi connectivity index (χ0) is 55.3. The Morgan fingerprint density at radius 1 is 0.769 bits per heavy atom. The quantitative estimate of drug-likeness (QED) is 0.0232. The number of carbonyl (C=O) groups excluding carboxylic acids is 3. The molecule has 0 aromatic carbocycles. The molecule has 0 bridgehead atoms. The lowest BCUT2D eigenvalue weighted by molar-refractivity contribution is -0.247. The zero-order valence-corrected chi connectivity index (χ0v) is 50.4. The van der Waals surface area contributed by atoms with Gasteiger partial charge >= 0.3 is 0 Å². The summed E-state index contributed by atoms with van der Waals surface area (Å²) in [6, 6.07) is 0. The van der Waals surface area contributed by atoms with Gasteiger partial charge < -0.3 is 82.9 Å². The maximum Gasteiger partial charge on any atom is 0.274 e. The second-order valence-electron chi connectivity index (χ2n) is 19.8. The maximum atomic E-state index is 12.7. The molecule has 0 spiro atoms. The van der Waals surface area contributed by atoms with Crippen molar-refractivity contribution in [3.8, 4) is 0 Å². The number of thioether (sulfide) groups is 1. The second-order valence-corrected chi connectivity index (χ2v) is 25.0. The number of aromatic nitrogens is 4. The van der Waals surface area contributed by atoms with Crippen LogP contribution in [-0.4, -0.2) is 108 Å². The number of imidazole rings is 1. The van der Waals surface area contributed by atoms with Crippen LogP contribution in [0.5, 0.6) is 0 Å². The van der Waals surface area contributed by atoms with Crippen molar-refractivity contribution in [3.05, 3.63) is 12.7 Å². The number of amides is 2. The van der Waals surface area contributed by atoms with Gasteiger partial charge in [-0.3, -0.25) is 32.6 Å². The van der Waals surface area contributed by atoms with E-state index in [2.05, 4.69) is 50.4 Å². The van der Waals surface area contributed by atoms with Crippen LogP contribution in [0.2, 0.25) is 0 Å². The Labute approximate surface area is 464 Å². The second kappa shape index (κ2) is 39.8. The molecule has 27 nitrogen and oxygen atoms in total. The number of nitrogens with one attached hydrogen (secondary N) is 2. The first-order valence-corrected chi connectivity index (χ1v) is 32.0. The molecule has 1 aliphatic rings. The van der Waals surface area contributed by atoms with E-state index in [1.54, 1.807) is 0 Å². The fraction of sp³-hybridized carbons (Fsp3) is 0.830. The summed E-state index contributed by atoms with van der Waals surface area (Å²) in [5, 5.41) is 26.6. The van der Waals surface area contributed by atoms with Gasteiger partial charge in [-0.25, -0.2) is 19.3 Å². The Hall–Kier alpha value is -2.56. The lowest BCUT2D eigenvalue weighted by Crippen LogP contribution is -2.46. The molecule has 0 radical (unpaired) electrons. The van der Waals surface area contributed by atoms with Gasteiger partial charge in [0.1, 0.15) is 36.3 Å². The van der Waals surface area contributed by atoms with Gasteiger partial charge in [-0.05, 0) is 6.42 Å². The third-order valence-corrected chi connectivity index (χ3v) is 16.7. The molecular weight excluding hydrogens is 1100 g/mol. The van der Waals surface area contributed by atoms with Crippen molar-refractivity contribution in [1.29, 1.82) is 0 Å². The number of quaternary nitrogens is 3. The number of aliphatic hydroxyl groups excluding tert-OH is 2. The number of ether oxygens (including phenoxy) is 1. The van der Waals surface area contributed by atoms with Crippen molar-refractivity contribution >= 4 is 69.1 Å². The van der Waals surface area contributed by atoms with Crippen LogP contribution < -0.4 is 49.5 Å². The molecule has 19 N–H and O–H groups in total. The smallest absolute Gasteiger partial charge is 0.274 e. The van der Waals surface area contributed by atoms with Crippen LogP contribution in [0.1, 0.15) is 188 Å². The summed E-state index contributed by atoms with van der Waals surface area (Å²) >= 11 is 1.15. The molecule has 0 saturated carbocycles. The number of nitrogens with two attached hydrogens (primary N) is 1. The fourth-order valence-electron chi connectivity index (χ4n) is 8.40.